The minimum Gasteiger partial charge on any atom is -0.497 e. The van der Waals surface area contributed by atoms with E-state index in [1.54, 1.807) is 14.2 Å². The molecule has 6 heteroatoms. The van der Waals surface area contributed by atoms with Gasteiger partial charge in [0.1, 0.15) is 5.75 Å². The summed E-state index contributed by atoms with van der Waals surface area (Å²) in [5.74, 6) is -0.157. The SMILES string of the molecule is CCC(NC(=O)N(C)CCC(=O)O)c1ccc(OC)cc1. The highest BCUT2D eigenvalue weighted by Crippen LogP contribution is 2.20. The zero-order valence-corrected chi connectivity index (χ0v) is 12.6. The van der Waals surface area contributed by atoms with Crippen LogP contribution in [0.25, 0.3) is 0 Å². The maximum atomic E-state index is 12.0. The lowest BCUT2D eigenvalue weighted by atomic mass is 10.0. The first kappa shape index (κ1) is 16.8. The Balaban J connectivity index is 2.63. The number of methoxy groups -OCH3 is 1. The summed E-state index contributed by atoms with van der Waals surface area (Å²) in [6.07, 6.45) is 0.675. The number of urea groups is 1. The molecule has 0 aliphatic carbocycles. The van der Waals surface area contributed by atoms with Gasteiger partial charge in [-0.15, -0.1) is 0 Å². The number of aliphatic carboxylic acids is 1. The van der Waals surface area contributed by atoms with Gasteiger partial charge < -0.3 is 20.1 Å². The molecule has 1 unspecified atom stereocenters. The number of ether oxygens (including phenoxy) is 1. The van der Waals surface area contributed by atoms with Gasteiger partial charge in [-0.25, -0.2) is 4.79 Å². The second-order valence-corrected chi connectivity index (χ2v) is 4.75. The summed E-state index contributed by atoms with van der Waals surface area (Å²) in [6.45, 7) is 2.16. The van der Waals surface area contributed by atoms with Crippen molar-refractivity contribution >= 4 is 12.0 Å². The van der Waals surface area contributed by atoms with Gasteiger partial charge >= 0.3 is 12.0 Å². The highest BCUT2D eigenvalue weighted by Gasteiger charge is 2.16. The molecule has 0 aromatic heterocycles. The molecule has 116 valence electrons. The van der Waals surface area contributed by atoms with Crippen molar-refractivity contribution < 1.29 is 19.4 Å². The van der Waals surface area contributed by atoms with E-state index < -0.39 is 5.97 Å². The van der Waals surface area contributed by atoms with E-state index in [1.807, 2.05) is 31.2 Å². The molecular formula is C15H22N2O4. The van der Waals surface area contributed by atoms with E-state index in [0.29, 0.717) is 0 Å². The van der Waals surface area contributed by atoms with E-state index in [4.69, 9.17) is 9.84 Å². The standard InChI is InChI=1S/C15H22N2O4/c1-4-13(11-5-7-12(21-3)8-6-11)16-15(20)17(2)10-9-14(18)19/h5-8,13H,4,9-10H2,1-3H3,(H,16,20)(H,18,19). The van der Waals surface area contributed by atoms with Crippen LogP contribution >= 0.6 is 0 Å². The van der Waals surface area contributed by atoms with Crippen LogP contribution in [0.5, 0.6) is 5.75 Å². The molecular weight excluding hydrogens is 272 g/mol. The van der Waals surface area contributed by atoms with Crippen LogP contribution in [0.1, 0.15) is 31.4 Å². The van der Waals surface area contributed by atoms with Crippen molar-refractivity contribution in [2.45, 2.75) is 25.8 Å². The molecule has 0 fully saturated rings. The number of carboxylic acids is 1. The number of carboxylic acid groups (broad SMARTS) is 1. The molecule has 6 nitrogen and oxygen atoms in total. The smallest absolute Gasteiger partial charge is 0.317 e. The normalized spacial score (nSPS) is 11.6. The van der Waals surface area contributed by atoms with Gasteiger partial charge in [-0.05, 0) is 24.1 Å². The fourth-order valence-electron chi connectivity index (χ4n) is 1.88. The van der Waals surface area contributed by atoms with Crippen LogP contribution in [0.2, 0.25) is 0 Å². The molecule has 0 radical (unpaired) electrons. The second-order valence-electron chi connectivity index (χ2n) is 4.75. The Morgan fingerprint density at radius 1 is 1.33 bits per heavy atom. The molecule has 0 saturated heterocycles. The molecule has 0 spiro atoms. The van der Waals surface area contributed by atoms with Gasteiger partial charge in [-0.2, -0.15) is 0 Å². The fourth-order valence-corrected chi connectivity index (χ4v) is 1.88. The number of hydrogen-bond donors (Lipinski definition) is 2. The van der Waals surface area contributed by atoms with Gasteiger partial charge in [0.05, 0.1) is 19.6 Å². The molecule has 1 aromatic carbocycles. The Morgan fingerprint density at radius 3 is 2.43 bits per heavy atom. The third kappa shape index (κ3) is 5.33. The van der Waals surface area contributed by atoms with Gasteiger partial charge in [0, 0.05) is 13.6 Å². The molecule has 2 amide bonds. The third-order valence-corrected chi connectivity index (χ3v) is 3.23. The van der Waals surface area contributed by atoms with Crippen LogP contribution in [0.3, 0.4) is 0 Å². The molecule has 1 rings (SSSR count). The van der Waals surface area contributed by atoms with Crippen LogP contribution in [-0.2, 0) is 4.79 Å². The van der Waals surface area contributed by atoms with Gasteiger partial charge in [-0.3, -0.25) is 4.79 Å². The summed E-state index contributed by atoms with van der Waals surface area (Å²) in [5, 5.41) is 11.5. The Bertz CT molecular complexity index is 473. The molecule has 0 aliphatic rings. The molecule has 1 aromatic rings. The molecule has 0 heterocycles. The first-order valence-corrected chi connectivity index (χ1v) is 6.85. The Labute approximate surface area is 124 Å². The lowest BCUT2D eigenvalue weighted by Crippen LogP contribution is -2.40. The number of carbonyl (C=O) groups excluding carboxylic acids is 1. The van der Waals surface area contributed by atoms with Gasteiger partial charge in [0.15, 0.2) is 0 Å². The maximum absolute atomic E-state index is 12.0. The van der Waals surface area contributed by atoms with E-state index in [2.05, 4.69) is 5.32 Å². The Morgan fingerprint density at radius 2 is 1.95 bits per heavy atom. The van der Waals surface area contributed by atoms with E-state index in [-0.39, 0.29) is 25.0 Å². The van der Waals surface area contributed by atoms with E-state index in [9.17, 15) is 9.59 Å². The minimum absolute atomic E-state index is 0.0662. The number of carbonyl (C=O) groups is 2. The molecule has 0 bridgehead atoms. The van der Waals surface area contributed by atoms with Crippen LogP contribution in [0, 0.1) is 0 Å². The monoisotopic (exact) mass is 294 g/mol. The summed E-state index contributed by atoms with van der Waals surface area (Å²) in [5.41, 5.74) is 0.985. The van der Waals surface area contributed by atoms with Crippen LogP contribution in [-0.4, -0.2) is 42.7 Å². The van der Waals surface area contributed by atoms with E-state index in [1.165, 1.54) is 4.90 Å². The first-order valence-electron chi connectivity index (χ1n) is 6.85. The highest BCUT2D eigenvalue weighted by atomic mass is 16.5. The fraction of sp³-hybridized carbons (Fsp3) is 0.467. The highest BCUT2D eigenvalue weighted by molar-refractivity contribution is 5.75. The Kier molecular flexibility index (Phi) is 6.52. The van der Waals surface area contributed by atoms with Crippen LogP contribution < -0.4 is 10.1 Å². The number of amides is 2. The topological polar surface area (TPSA) is 78.9 Å². The quantitative estimate of drug-likeness (QED) is 0.808. The summed E-state index contributed by atoms with van der Waals surface area (Å²) < 4.78 is 5.11. The summed E-state index contributed by atoms with van der Waals surface area (Å²) in [7, 11) is 3.19. The average molecular weight is 294 g/mol. The Hall–Kier alpha value is -2.24. The zero-order valence-electron chi connectivity index (χ0n) is 12.6. The summed E-state index contributed by atoms with van der Waals surface area (Å²) >= 11 is 0. The lowest BCUT2D eigenvalue weighted by Gasteiger charge is -2.23. The van der Waals surface area contributed by atoms with Crippen molar-refractivity contribution in [3.05, 3.63) is 29.8 Å². The van der Waals surface area contributed by atoms with Crippen molar-refractivity contribution in [3.63, 3.8) is 0 Å². The predicted octanol–water partition coefficient (Wildman–Crippen LogP) is 2.26. The van der Waals surface area contributed by atoms with Crippen molar-refractivity contribution in [1.82, 2.24) is 10.2 Å². The van der Waals surface area contributed by atoms with Crippen LogP contribution in [0.15, 0.2) is 24.3 Å². The molecule has 2 N–H and O–H groups in total. The minimum atomic E-state index is -0.920. The second kappa shape index (κ2) is 8.14. The summed E-state index contributed by atoms with van der Waals surface area (Å²) in [6, 6.07) is 7.11. The lowest BCUT2D eigenvalue weighted by molar-refractivity contribution is -0.137. The zero-order chi connectivity index (χ0) is 15.8. The number of hydrogen-bond acceptors (Lipinski definition) is 3. The van der Waals surface area contributed by atoms with Crippen LogP contribution in [0.4, 0.5) is 4.79 Å². The van der Waals surface area contributed by atoms with Crippen molar-refractivity contribution in [1.29, 1.82) is 0 Å². The van der Waals surface area contributed by atoms with Crippen molar-refractivity contribution in [2.24, 2.45) is 0 Å². The number of benzene rings is 1. The third-order valence-electron chi connectivity index (χ3n) is 3.23. The first-order chi connectivity index (χ1) is 9.97. The predicted molar refractivity (Wildman–Crippen MR) is 79.4 cm³/mol. The van der Waals surface area contributed by atoms with Crippen molar-refractivity contribution in [2.75, 3.05) is 20.7 Å². The summed E-state index contributed by atoms with van der Waals surface area (Å²) in [4.78, 5) is 23.9. The number of rotatable bonds is 7. The molecule has 0 saturated carbocycles. The molecule has 1 atom stereocenters. The van der Waals surface area contributed by atoms with E-state index in [0.717, 1.165) is 17.7 Å². The average Bonchev–Trinajstić information content (AvgIpc) is 2.50. The van der Waals surface area contributed by atoms with Crippen molar-refractivity contribution in [3.8, 4) is 5.75 Å². The maximum Gasteiger partial charge on any atom is 0.317 e. The van der Waals surface area contributed by atoms with Gasteiger partial charge in [-0.1, -0.05) is 19.1 Å². The number of nitrogens with zero attached hydrogens (tertiary/aromatic N) is 1. The van der Waals surface area contributed by atoms with Gasteiger partial charge in [0.2, 0.25) is 0 Å². The molecule has 21 heavy (non-hydrogen) atoms. The molecule has 0 aliphatic heterocycles. The van der Waals surface area contributed by atoms with E-state index >= 15 is 0 Å². The number of nitrogens with one attached hydrogen (secondary N) is 1. The van der Waals surface area contributed by atoms with Gasteiger partial charge in [0.25, 0.3) is 0 Å². The largest absolute Gasteiger partial charge is 0.497 e.